The van der Waals surface area contributed by atoms with Crippen molar-refractivity contribution in [3.63, 3.8) is 0 Å². The zero-order valence-corrected chi connectivity index (χ0v) is 15.5. The molecular weight excluding hydrogens is 362 g/mol. The summed E-state index contributed by atoms with van der Waals surface area (Å²) in [5.41, 5.74) is 1.66. The average Bonchev–Trinajstić information content (AvgIpc) is 3.52. The van der Waals surface area contributed by atoms with E-state index >= 15 is 0 Å². The lowest BCUT2D eigenvalue weighted by Gasteiger charge is -2.11. The predicted molar refractivity (Wildman–Crippen MR) is 102 cm³/mol. The lowest BCUT2D eigenvalue weighted by atomic mass is 9.97. The van der Waals surface area contributed by atoms with Crippen molar-refractivity contribution in [2.45, 2.75) is 45.1 Å². The van der Waals surface area contributed by atoms with E-state index in [2.05, 4.69) is 16.6 Å². The van der Waals surface area contributed by atoms with Crippen LogP contribution in [0.4, 0.5) is 8.78 Å². The number of hydrogen-bond acceptors (Lipinski definition) is 3. The Morgan fingerprint density at radius 3 is 2.46 bits per heavy atom. The van der Waals surface area contributed by atoms with E-state index in [1.807, 2.05) is 6.92 Å². The van der Waals surface area contributed by atoms with Crippen LogP contribution in [0.3, 0.4) is 0 Å². The fourth-order valence-electron chi connectivity index (χ4n) is 2.90. The fraction of sp³-hybridized carbons (Fsp3) is 0.304. The third kappa shape index (κ3) is 4.83. The van der Waals surface area contributed by atoms with Crippen molar-refractivity contribution in [3.8, 4) is 17.6 Å². The molecule has 0 heterocycles. The molecule has 0 bridgehead atoms. The Morgan fingerprint density at radius 2 is 1.82 bits per heavy atom. The lowest BCUT2D eigenvalue weighted by Crippen LogP contribution is -2.15. The Kier molecular flexibility index (Phi) is 6.20. The molecule has 3 rings (SSSR count). The van der Waals surface area contributed by atoms with E-state index in [0.717, 1.165) is 25.7 Å². The van der Waals surface area contributed by atoms with Gasteiger partial charge in [0.05, 0.1) is 0 Å². The summed E-state index contributed by atoms with van der Waals surface area (Å²) in [6.07, 6.45) is 3.40. The number of alkyl halides is 2. The lowest BCUT2D eigenvalue weighted by molar-refractivity contribution is -0.0504. The monoisotopic (exact) mass is 382 g/mol. The van der Waals surface area contributed by atoms with Gasteiger partial charge in [-0.3, -0.25) is 9.59 Å². The summed E-state index contributed by atoms with van der Waals surface area (Å²) in [6, 6.07) is 10.8. The number of rotatable bonds is 7. The van der Waals surface area contributed by atoms with Gasteiger partial charge in [0.25, 0.3) is 0 Å². The molecule has 1 saturated carbocycles. The highest BCUT2D eigenvalue weighted by Gasteiger charge is 2.29. The highest BCUT2D eigenvalue weighted by atomic mass is 19.3. The maximum atomic E-state index is 12.7. The van der Waals surface area contributed by atoms with Gasteiger partial charge in [0.15, 0.2) is 0 Å². The molecule has 1 aliphatic rings. The Balaban J connectivity index is 1.84. The first-order valence-electron chi connectivity index (χ1n) is 9.26. The van der Waals surface area contributed by atoms with E-state index < -0.39 is 18.2 Å². The molecule has 0 unspecified atom stereocenters. The zero-order valence-electron chi connectivity index (χ0n) is 15.5. The van der Waals surface area contributed by atoms with Crippen LogP contribution < -0.4 is 4.74 Å². The Morgan fingerprint density at radius 1 is 1.11 bits per heavy atom. The molecular formula is C23H20F2O3. The molecule has 0 radical (unpaired) electrons. The molecule has 0 amide bonds. The van der Waals surface area contributed by atoms with Crippen molar-refractivity contribution >= 4 is 11.6 Å². The van der Waals surface area contributed by atoms with Crippen LogP contribution in [0.5, 0.6) is 5.75 Å². The number of halogens is 2. The fourth-order valence-corrected chi connectivity index (χ4v) is 2.90. The standard InChI is InChI=1S/C23H20F2O3/c1-2-3-4-6-15-7-5-8-17(13-15)21(26)22(27)18-11-12-20(28-23(24)25)19(14-18)16-9-10-16/h5,7-8,11-14,16,23H,2-3,9-10H2,1H3. The van der Waals surface area contributed by atoms with Crippen LogP contribution in [-0.2, 0) is 0 Å². The number of ether oxygens (including phenoxy) is 1. The SMILES string of the molecule is CCCC#Cc1cccc(C(=O)C(=O)c2ccc(OC(F)F)c(C3CC3)c2)c1. The molecule has 3 nitrogen and oxygen atoms in total. The van der Waals surface area contributed by atoms with Crippen LogP contribution in [0.1, 0.15) is 70.4 Å². The van der Waals surface area contributed by atoms with Crippen molar-refractivity contribution in [3.05, 3.63) is 64.7 Å². The molecule has 28 heavy (non-hydrogen) atoms. The minimum Gasteiger partial charge on any atom is -0.435 e. The minimum atomic E-state index is -2.93. The van der Waals surface area contributed by atoms with Crippen LogP contribution in [0.2, 0.25) is 0 Å². The van der Waals surface area contributed by atoms with Gasteiger partial charge >= 0.3 is 6.61 Å². The van der Waals surface area contributed by atoms with Gasteiger partial charge < -0.3 is 4.74 Å². The minimum absolute atomic E-state index is 0.0645. The third-order valence-corrected chi connectivity index (χ3v) is 4.44. The maximum absolute atomic E-state index is 12.7. The predicted octanol–water partition coefficient (Wildman–Crippen LogP) is 5.38. The van der Waals surface area contributed by atoms with Gasteiger partial charge in [0, 0.05) is 23.1 Å². The molecule has 0 aromatic heterocycles. The molecule has 0 spiro atoms. The van der Waals surface area contributed by atoms with Crippen molar-refractivity contribution in [1.82, 2.24) is 0 Å². The highest BCUT2D eigenvalue weighted by molar-refractivity contribution is 6.49. The third-order valence-electron chi connectivity index (χ3n) is 4.44. The first-order valence-corrected chi connectivity index (χ1v) is 9.26. The number of Topliss-reactive ketones (excluding diaryl/α,β-unsaturated/α-hetero) is 2. The summed E-state index contributed by atoms with van der Waals surface area (Å²) >= 11 is 0. The van der Waals surface area contributed by atoms with Gasteiger partial charge in [0.1, 0.15) is 5.75 Å². The number of unbranched alkanes of at least 4 members (excludes halogenated alkanes) is 1. The van der Waals surface area contributed by atoms with Gasteiger partial charge in [0.2, 0.25) is 11.6 Å². The molecule has 0 aliphatic heterocycles. The summed E-state index contributed by atoms with van der Waals surface area (Å²) in [5.74, 6) is 4.81. The Hall–Kier alpha value is -3.00. The Bertz CT molecular complexity index is 950. The van der Waals surface area contributed by atoms with Crippen molar-refractivity contribution in [1.29, 1.82) is 0 Å². The second-order valence-electron chi connectivity index (χ2n) is 6.70. The largest absolute Gasteiger partial charge is 0.435 e. The smallest absolute Gasteiger partial charge is 0.387 e. The van der Waals surface area contributed by atoms with Gasteiger partial charge in [-0.25, -0.2) is 0 Å². The summed E-state index contributed by atoms with van der Waals surface area (Å²) in [6.45, 7) is -0.905. The van der Waals surface area contributed by atoms with Crippen LogP contribution in [0, 0.1) is 11.8 Å². The number of hydrogen-bond donors (Lipinski definition) is 0. The molecule has 0 saturated heterocycles. The number of carbonyl (C=O) groups is 2. The van der Waals surface area contributed by atoms with Crippen LogP contribution >= 0.6 is 0 Å². The van der Waals surface area contributed by atoms with Crippen molar-refractivity contribution in [2.75, 3.05) is 0 Å². The van der Waals surface area contributed by atoms with Crippen LogP contribution in [0.15, 0.2) is 42.5 Å². The van der Waals surface area contributed by atoms with E-state index in [4.69, 9.17) is 0 Å². The van der Waals surface area contributed by atoms with Gasteiger partial charge in [-0.05, 0) is 61.1 Å². The number of ketones is 2. The molecule has 1 fully saturated rings. The molecule has 0 N–H and O–H groups in total. The number of carbonyl (C=O) groups excluding carboxylic acids is 2. The van der Waals surface area contributed by atoms with E-state index in [1.54, 1.807) is 24.3 Å². The molecule has 5 heteroatoms. The zero-order chi connectivity index (χ0) is 20.1. The van der Waals surface area contributed by atoms with E-state index in [-0.39, 0.29) is 22.8 Å². The summed E-state index contributed by atoms with van der Waals surface area (Å²) < 4.78 is 29.7. The summed E-state index contributed by atoms with van der Waals surface area (Å²) in [5, 5.41) is 0. The molecule has 2 aromatic carbocycles. The maximum Gasteiger partial charge on any atom is 0.387 e. The number of benzene rings is 2. The van der Waals surface area contributed by atoms with E-state index in [0.29, 0.717) is 11.1 Å². The van der Waals surface area contributed by atoms with Crippen molar-refractivity contribution in [2.24, 2.45) is 0 Å². The molecule has 1 aliphatic carbocycles. The second kappa shape index (κ2) is 8.79. The molecule has 2 aromatic rings. The second-order valence-corrected chi connectivity index (χ2v) is 6.70. The summed E-state index contributed by atoms with van der Waals surface area (Å²) in [4.78, 5) is 25.3. The highest BCUT2D eigenvalue weighted by Crippen LogP contribution is 2.45. The topological polar surface area (TPSA) is 43.4 Å². The van der Waals surface area contributed by atoms with Gasteiger partial charge in [-0.2, -0.15) is 8.78 Å². The van der Waals surface area contributed by atoms with E-state index in [9.17, 15) is 18.4 Å². The first-order chi connectivity index (χ1) is 13.5. The summed E-state index contributed by atoms with van der Waals surface area (Å²) in [7, 11) is 0. The quantitative estimate of drug-likeness (QED) is 0.367. The average molecular weight is 382 g/mol. The van der Waals surface area contributed by atoms with E-state index in [1.165, 1.54) is 18.2 Å². The van der Waals surface area contributed by atoms with Crippen LogP contribution in [-0.4, -0.2) is 18.2 Å². The van der Waals surface area contributed by atoms with Gasteiger partial charge in [-0.1, -0.05) is 30.9 Å². The molecule has 0 atom stereocenters. The van der Waals surface area contributed by atoms with Crippen molar-refractivity contribution < 1.29 is 23.1 Å². The first kappa shape index (κ1) is 19.8. The normalized spacial score (nSPS) is 13.0. The van der Waals surface area contributed by atoms with Gasteiger partial charge in [-0.15, -0.1) is 0 Å². The van der Waals surface area contributed by atoms with Crippen LogP contribution in [0.25, 0.3) is 0 Å². The molecule has 144 valence electrons. The Labute approximate surface area is 162 Å².